The molecular weight excluding hydrogens is 342 g/mol. The Labute approximate surface area is 130 Å². The van der Waals surface area contributed by atoms with Crippen LogP contribution in [-0.4, -0.2) is 6.61 Å². The molecule has 0 heterocycles. The third kappa shape index (κ3) is 3.40. The van der Waals surface area contributed by atoms with E-state index in [0.29, 0.717) is 17.9 Å². The average molecular weight is 357 g/mol. The van der Waals surface area contributed by atoms with Gasteiger partial charge in [-0.15, -0.1) is 0 Å². The maximum atomic E-state index is 14.2. The Morgan fingerprint density at radius 1 is 1.29 bits per heavy atom. The molecule has 112 valence electrons. The molecule has 0 saturated carbocycles. The first-order valence-corrected chi connectivity index (χ1v) is 7.20. The zero-order chi connectivity index (χ0) is 15.4. The molecule has 0 aliphatic heterocycles. The summed E-state index contributed by atoms with van der Waals surface area (Å²) >= 11 is 3.05. The highest BCUT2D eigenvalue weighted by Gasteiger charge is 2.23. The lowest BCUT2D eigenvalue weighted by Crippen LogP contribution is -2.30. The Balaban J connectivity index is 2.50. The Bertz CT molecular complexity index is 637. The van der Waals surface area contributed by atoms with E-state index in [2.05, 4.69) is 21.4 Å². The third-order valence-electron chi connectivity index (χ3n) is 3.04. The lowest BCUT2D eigenvalue weighted by molar-refractivity contribution is 0.339. The number of hydrogen-bond donors (Lipinski definition) is 2. The van der Waals surface area contributed by atoms with E-state index in [1.54, 1.807) is 24.3 Å². The van der Waals surface area contributed by atoms with E-state index in [4.69, 9.17) is 10.6 Å². The van der Waals surface area contributed by atoms with Gasteiger partial charge in [-0.2, -0.15) is 0 Å². The maximum absolute atomic E-state index is 14.2. The van der Waals surface area contributed by atoms with Gasteiger partial charge in [-0.1, -0.05) is 12.1 Å². The smallest absolute Gasteiger partial charge is 0.145 e. The van der Waals surface area contributed by atoms with E-state index in [0.717, 1.165) is 0 Å². The fourth-order valence-electron chi connectivity index (χ4n) is 2.10. The van der Waals surface area contributed by atoms with E-state index >= 15 is 0 Å². The molecule has 2 aromatic rings. The maximum Gasteiger partial charge on any atom is 0.145 e. The van der Waals surface area contributed by atoms with Crippen molar-refractivity contribution in [3.05, 3.63) is 63.6 Å². The van der Waals surface area contributed by atoms with E-state index in [9.17, 15) is 8.78 Å². The first kappa shape index (κ1) is 15.9. The standard InChI is InChI=1S/C15H15BrF2N2O/c1-2-21-10-5-3-4-9(8-10)15(20-19)13-12(17)7-6-11(16)14(13)18/h3-8,15,20H,2,19H2,1H3. The van der Waals surface area contributed by atoms with Crippen molar-refractivity contribution in [3.63, 3.8) is 0 Å². The minimum Gasteiger partial charge on any atom is -0.494 e. The van der Waals surface area contributed by atoms with Crippen LogP contribution in [0.2, 0.25) is 0 Å². The molecule has 2 aromatic carbocycles. The summed E-state index contributed by atoms with van der Waals surface area (Å²) in [4.78, 5) is 0. The molecular formula is C15H15BrF2N2O. The molecule has 0 aliphatic carbocycles. The molecule has 0 bridgehead atoms. The highest BCUT2D eigenvalue weighted by atomic mass is 79.9. The van der Waals surface area contributed by atoms with Gasteiger partial charge in [0.25, 0.3) is 0 Å². The van der Waals surface area contributed by atoms with Gasteiger partial charge in [0, 0.05) is 5.56 Å². The second kappa shape index (κ2) is 6.98. The molecule has 0 fully saturated rings. The molecule has 3 N–H and O–H groups in total. The van der Waals surface area contributed by atoms with Crippen LogP contribution in [0.15, 0.2) is 40.9 Å². The molecule has 0 spiro atoms. The molecule has 1 atom stereocenters. The van der Waals surface area contributed by atoms with Gasteiger partial charge in [0.2, 0.25) is 0 Å². The van der Waals surface area contributed by atoms with Crippen molar-refractivity contribution in [1.29, 1.82) is 0 Å². The topological polar surface area (TPSA) is 47.3 Å². The zero-order valence-electron chi connectivity index (χ0n) is 11.4. The van der Waals surface area contributed by atoms with Crippen molar-refractivity contribution in [2.45, 2.75) is 13.0 Å². The van der Waals surface area contributed by atoms with Crippen molar-refractivity contribution in [1.82, 2.24) is 5.43 Å². The van der Waals surface area contributed by atoms with Gasteiger partial charge in [-0.3, -0.25) is 5.84 Å². The van der Waals surface area contributed by atoms with Crippen LogP contribution in [0.4, 0.5) is 8.78 Å². The second-order valence-electron chi connectivity index (χ2n) is 4.36. The van der Waals surface area contributed by atoms with Crippen molar-refractivity contribution < 1.29 is 13.5 Å². The number of hydrogen-bond acceptors (Lipinski definition) is 3. The predicted molar refractivity (Wildman–Crippen MR) is 80.8 cm³/mol. The Morgan fingerprint density at radius 2 is 2.05 bits per heavy atom. The summed E-state index contributed by atoms with van der Waals surface area (Å²) in [5.74, 6) is 4.78. The van der Waals surface area contributed by atoms with Gasteiger partial charge in [0.15, 0.2) is 0 Å². The summed E-state index contributed by atoms with van der Waals surface area (Å²) in [5, 5.41) is 0. The van der Waals surface area contributed by atoms with Crippen LogP contribution in [0.3, 0.4) is 0 Å². The van der Waals surface area contributed by atoms with Crippen molar-refractivity contribution in [2.24, 2.45) is 5.84 Å². The van der Waals surface area contributed by atoms with E-state index in [1.165, 1.54) is 12.1 Å². The molecule has 21 heavy (non-hydrogen) atoms. The highest BCUT2D eigenvalue weighted by molar-refractivity contribution is 9.10. The Hall–Kier alpha value is -1.50. The Morgan fingerprint density at radius 3 is 2.71 bits per heavy atom. The quantitative estimate of drug-likeness (QED) is 0.488. The fourth-order valence-corrected chi connectivity index (χ4v) is 2.45. The van der Waals surface area contributed by atoms with Crippen LogP contribution in [0.25, 0.3) is 0 Å². The van der Waals surface area contributed by atoms with E-state index in [-0.39, 0.29) is 10.0 Å². The highest BCUT2D eigenvalue weighted by Crippen LogP contribution is 2.31. The molecule has 2 rings (SSSR count). The van der Waals surface area contributed by atoms with E-state index in [1.807, 2.05) is 6.92 Å². The van der Waals surface area contributed by atoms with Gasteiger partial charge in [0.1, 0.15) is 17.4 Å². The van der Waals surface area contributed by atoms with Crippen LogP contribution in [0, 0.1) is 11.6 Å². The molecule has 6 heteroatoms. The molecule has 0 amide bonds. The van der Waals surface area contributed by atoms with Gasteiger partial charge >= 0.3 is 0 Å². The largest absolute Gasteiger partial charge is 0.494 e. The molecule has 0 aliphatic rings. The van der Waals surface area contributed by atoms with Crippen molar-refractivity contribution >= 4 is 15.9 Å². The first-order chi connectivity index (χ1) is 10.1. The second-order valence-corrected chi connectivity index (χ2v) is 5.22. The minimum absolute atomic E-state index is 0.138. The number of benzene rings is 2. The average Bonchev–Trinajstić information content (AvgIpc) is 2.48. The van der Waals surface area contributed by atoms with Crippen LogP contribution >= 0.6 is 15.9 Å². The van der Waals surface area contributed by atoms with Crippen LogP contribution in [0.5, 0.6) is 5.75 Å². The number of halogens is 3. The van der Waals surface area contributed by atoms with Gasteiger partial charge in [-0.05, 0) is 52.7 Å². The normalized spacial score (nSPS) is 12.2. The first-order valence-electron chi connectivity index (χ1n) is 6.40. The van der Waals surface area contributed by atoms with E-state index < -0.39 is 17.7 Å². The van der Waals surface area contributed by atoms with Gasteiger partial charge in [0.05, 0.1) is 17.1 Å². The summed E-state index contributed by atoms with van der Waals surface area (Å²) in [7, 11) is 0. The third-order valence-corrected chi connectivity index (χ3v) is 3.65. The minimum atomic E-state index is -0.817. The summed E-state index contributed by atoms with van der Waals surface area (Å²) in [6, 6.07) is 8.65. The molecule has 3 nitrogen and oxygen atoms in total. The molecule has 0 saturated heterocycles. The predicted octanol–water partition coefficient (Wildman–Crippen LogP) is 3.68. The number of rotatable bonds is 5. The number of nitrogens with two attached hydrogens (primary N) is 1. The monoisotopic (exact) mass is 356 g/mol. The summed E-state index contributed by atoms with van der Waals surface area (Å²) < 4.78 is 33.8. The van der Waals surface area contributed by atoms with Crippen LogP contribution in [0.1, 0.15) is 24.1 Å². The van der Waals surface area contributed by atoms with Gasteiger partial charge < -0.3 is 4.74 Å². The molecule has 0 radical (unpaired) electrons. The van der Waals surface area contributed by atoms with Crippen molar-refractivity contribution in [3.8, 4) is 5.75 Å². The Kier molecular flexibility index (Phi) is 5.27. The summed E-state index contributed by atoms with van der Waals surface area (Å²) in [6.07, 6.45) is 0. The molecule has 1 unspecified atom stereocenters. The number of nitrogens with one attached hydrogen (secondary N) is 1. The number of hydrazine groups is 1. The molecule has 0 aromatic heterocycles. The van der Waals surface area contributed by atoms with Crippen LogP contribution < -0.4 is 16.0 Å². The van der Waals surface area contributed by atoms with Gasteiger partial charge in [-0.25, -0.2) is 14.2 Å². The lowest BCUT2D eigenvalue weighted by atomic mass is 9.98. The fraction of sp³-hybridized carbons (Fsp3) is 0.200. The lowest BCUT2D eigenvalue weighted by Gasteiger charge is -2.19. The number of ether oxygens (including phenoxy) is 1. The summed E-state index contributed by atoms with van der Waals surface area (Å²) in [6.45, 7) is 2.36. The SMILES string of the molecule is CCOc1cccc(C(NN)c2c(F)ccc(Br)c2F)c1. The summed E-state index contributed by atoms with van der Waals surface area (Å²) in [5.41, 5.74) is 2.93. The zero-order valence-corrected chi connectivity index (χ0v) is 13.0. The van der Waals surface area contributed by atoms with Crippen LogP contribution in [-0.2, 0) is 0 Å². The van der Waals surface area contributed by atoms with Crippen molar-refractivity contribution in [2.75, 3.05) is 6.61 Å².